The van der Waals surface area contributed by atoms with Crippen LogP contribution in [0.4, 0.5) is 4.39 Å². The molecule has 0 unspecified atom stereocenters. The number of halogens is 1. The van der Waals surface area contributed by atoms with Crippen molar-refractivity contribution in [3.05, 3.63) is 59.0 Å². The van der Waals surface area contributed by atoms with Crippen molar-refractivity contribution in [2.45, 2.75) is 33.4 Å². The molecular formula is C17H21FN2O. The van der Waals surface area contributed by atoms with Crippen LogP contribution in [0.15, 0.2) is 36.4 Å². The summed E-state index contributed by atoms with van der Waals surface area (Å²) < 4.78 is 19.1. The lowest BCUT2D eigenvalue weighted by molar-refractivity contribution is 0.287. The molecule has 1 N–H and O–H groups in total. The van der Waals surface area contributed by atoms with Gasteiger partial charge in [0.05, 0.1) is 0 Å². The number of nitrogens with zero attached hydrogens (tertiary/aromatic N) is 1. The quantitative estimate of drug-likeness (QED) is 0.790. The van der Waals surface area contributed by atoms with Gasteiger partial charge in [0.1, 0.15) is 12.4 Å². The van der Waals surface area contributed by atoms with E-state index >= 15 is 0 Å². The van der Waals surface area contributed by atoms with Gasteiger partial charge < -0.3 is 10.1 Å². The Hall–Kier alpha value is -1.94. The van der Waals surface area contributed by atoms with Crippen molar-refractivity contribution in [1.82, 2.24) is 10.3 Å². The first-order valence-corrected chi connectivity index (χ1v) is 7.24. The smallest absolute Gasteiger partial charge is 0.213 e. The average molecular weight is 288 g/mol. The highest BCUT2D eigenvalue weighted by Gasteiger charge is 2.05. The summed E-state index contributed by atoms with van der Waals surface area (Å²) in [6.45, 7) is 6.08. The molecule has 21 heavy (non-hydrogen) atoms. The Balaban J connectivity index is 1.95. The van der Waals surface area contributed by atoms with Crippen molar-refractivity contribution in [1.29, 1.82) is 0 Å². The Morgan fingerprint density at radius 2 is 1.95 bits per heavy atom. The summed E-state index contributed by atoms with van der Waals surface area (Å²) in [5, 5.41) is 3.35. The molecule has 3 nitrogen and oxygen atoms in total. The van der Waals surface area contributed by atoms with Crippen LogP contribution in [0.3, 0.4) is 0 Å². The second-order valence-corrected chi connectivity index (χ2v) is 4.95. The highest BCUT2D eigenvalue weighted by molar-refractivity contribution is 5.25. The van der Waals surface area contributed by atoms with E-state index in [4.69, 9.17) is 4.74 Å². The van der Waals surface area contributed by atoms with Gasteiger partial charge in [-0.1, -0.05) is 31.2 Å². The van der Waals surface area contributed by atoms with Gasteiger partial charge in [-0.2, -0.15) is 0 Å². The lowest BCUT2D eigenvalue weighted by Gasteiger charge is -2.10. The van der Waals surface area contributed by atoms with E-state index in [-0.39, 0.29) is 12.4 Å². The minimum Gasteiger partial charge on any atom is -0.473 e. The molecular weight excluding hydrogens is 267 g/mol. The predicted octanol–water partition coefficient (Wildman–Crippen LogP) is 3.61. The van der Waals surface area contributed by atoms with Gasteiger partial charge in [0.25, 0.3) is 0 Å². The van der Waals surface area contributed by atoms with Gasteiger partial charge in [0, 0.05) is 23.9 Å². The molecule has 112 valence electrons. The van der Waals surface area contributed by atoms with Gasteiger partial charge in [-0.3, -0.25) is 0 Å². The van der Waals surface area contributed by atoms with Crippen LogP contribution in [0.5, 0.6) is 5.88 Å². The predicted molar refractivity (Wildman–Crippen MR) is 81.7 cm³/mol. The van der Waals surface area contributed by atoms with Crippen LogP contribution in [0.1, 0.15) is 30.2 Å². The third-order valence-corrected chi connectivity index (χ3v) is 3.25. The van der Waals surface area contributed by atoms with E-state index in [0.29, 0.717) is 11.4 Å². The van der Waals surface area contributed by atoms with E-state index in [1.165, 1.54) is 6.07 Å². The fourth-order valence-electron chi connectivity index (χ4n) is 2.00. The normalized spacial score (nSPS) is 10.6. The molecule has 0 bridgehead atoms. The molecule has 4 heteroatoms. The molecule has 1 aromatic carbocycles. The topological polar surface area (TPSA) is 34.1 Å². The molecule has 0 saturated carbocycles. The maximum Gasteiger partial charge on any atom is 0.213 e. The number of ether oxygens (including phenoxy) is 1. The van der Waals surface area contributed by atoms with Crippen molar-refractivity contribution >= 4 is 0 Å². The highest BCUT2D eigenvalue weighted by Crippen LogP contribution is 2.15. The Morgan fingerprint density at radius 1 is 1.14 bits per heavy atom. The first-order valence-electron chi connectivity index (χ1n) is 7.24. The van der Waals surface area contributed by atoms with Crippen LogP contribution in [0.2, 0.25) is 0 Å². The van der Waals surface area contributed by atoms with Crippen molar-refractivity contribution in [2.75, 3.05) is 6.54 Å². The summed E-state index contributed by atoms with van der Waals surface area (Å²) in [5.74, 6) is 0.268. The van der Waals surface area contributed by atoms with E-state index in [9.17, 15) is 4.39 Å². The summed E-state index contributed by atoms with van der Waals surface area (Å²) in [5.41, 5.74) is 2.62. The van der Waals surface area contributed by atoms with Crippen molar-refractivity contribution in [3.8, 4) is 5.88 Å². The zero-order valence-electron chi connectivity index (χ0n) is 12.5. The monoisotopic (exact) mass is 288 g/mol. The van der Waals surface area contributed by atoms with Gasteiger partial charge in [0.15, 0.2) is 0 Å². The number of pyridine rings is 1. The molecule has 0 fully saturated rings. The first-order chi connectivity index (χ1) is 10.2. The molecule has 0 spiro atoms. The van der Waals surface area contributed by atoms with Gasteiger partial charge in [-0.25, -0.2) is 9.37 Å². The van der Waals surface area contributed by atoms with Gasteiger partial charge in [-0.05, 0) is 31.5 Å². The first kappa shape index (κ1) is 15.4. The van der Waals surface area contributed by atoms with E-state index in [1.807, 2.05) is 19.1 Å². The number of benzene rings is 1. The molecule has 2 rings (SSSR count). The average Bonchev–Trinajstić information content (AvgIpc) is 2.49. The van der Waals surface area contributed by atoms with Gasteiger partial charge >= 0.3 is 0 Å². The highest BCUT2D eigenvalue weighted by atomic mass is 19.1. The number of nitrogens with one attached hydrogen (secondary N) is 1. The fraction of sp³-hybridized carbons (Fsp3) is 0.353. The molecule has 0 saturated heterocycles. The van der Waals surface area contributed by atoms with Crippen LogP contribution in [0.25, 0.3) is 0 Å². The van der Waals surface area contributed by atoms with E-state index in [2.05, 4.69) is 17.2 Å². The second-order valence-electron chi connectivity index (χ2n) is 4.95. The molecule has 1 heterocycles. The molecule has 0 aliphatic carbocycles. The summed E-state index contributed by atoms with van der Waals surface area (Å²) >= 11 is 0. The Bertz CT molecular complexity index is 587. The Kier molecular flexibility index (Phi) is 5.69. The van der Waals surface area contributed by atoms with Crippen molar-refractivity contribution < 1.29 is 9.13 Å². The van der Waals surface area contributed by atoms with E-state index in [0.717, 1.165) is 30.8 Å². The number of aromatic nitrogens is 1. The summed E-state index contributed by atoms with van der Waals surface area (Å²) in [4.78, 5) is 4.41. The molecule has 0 aliphatic rings. The second kappa shape index (κ2) is 7.74. The molecule has 1 aromatic heterocycles. The van der Waals surface area contributed by atoms with Crippen LogP contribution >= 0.6 is 0 Å². The van der Waals surface area contributed by atoms with E-state index < -0.39 is 0 Å². The van der Waals surface area contributed by atoms with Gasteiger partial charge in [0.2, 0.25) is 5.88 Å². The minimum atomic E-state index is -0.255. The number of aryl methyl sites for hydroxylation is 1. The summed E-state index contributed by atoms with van der Waals surface area (Å²) in [6.07, 6.45) is 1.11. The molecule has 0 radical (unpaired) electrons. The zero-order valence-corrected chi connectivity index (χ0v) is 12.5. The lowest BCUT2D eigenvalue weighted by Crippen LogP contribution is -2.15. The molecule has 0 amide bonds. The maximum atomic E-state index is 13.5. The minimum absolute atomic E-state index is 0.187. The van der Waals surface area contributed by atoms with Crippen LogP contribution in [-0.4, -0.2) is 11.5 Å². The van der Waals surface area contributed by atoms with Crippen molar-refractivity contribution in [2.24, 2.45) is 0 Å². The molecule has 0 atom stereocenters. The summed E-state index contributed by atoms with van der Waals surface area (Å²) in [6, 6.07) is 10.4. The zero-order chi connectivity index (χ0) is 15.1. The third-order valence-electron chi connectivity index (χ3n) is 3.25. The van der Waals surface area contributed by atoms with Crippen LogP contribution in [0, 0.1) is 12.7 Å². The number of hydrogen-bond acceptors (Lipinski definition) is 3. The number of rotatable bonds is 7. The van der Waals surface area contributed by atoms with Crippen molar-refractivity contribution in [3.63, 3.8) is 0 Å². The summed E-state index contributed by atoms with van der Waals surface area (Å²) in [7, 11) is 0. The largest absolute Gasteiger partial charge is 0.473 e. The van der Waals surface area contributed by atoms with Crippen LogP contribution in [-0.2, 0) is 13.2 Å². The van der Waals surface area contributed by atoms with E-state index in [1.54, 1.807) is 18.2 Å². The SMILES string of the molecule is CCCNCc1ccc(OCc2ccccc2F)nc1C. The standard InChI is InChI=1S/C17H21FN2O/c1-3-10-19-11-14-8-9-17(20-13(14)2)21-12-15-6-4-5-7-16(15)18/h4-9,19H,3,10-12H2,1-2H3. The third kappa shape index (κ3) is 4.53. The molecule has 0 aliphatic heterocycles. The lowest BCUT2D eigenvalue weighted by atomic mass is 10.2. The van der Waals surface area contributed by atoms with Gasteiger partial charge in [-0.15, -0.1) is 0 Å². The Morgan fingerprint density at radius 3 is 2.67 bits per heavy atom. The number of hydrogen-bond donors (Lipinski definition) is 1. The Labute approximate surface area is 125 Å². The van der Waals surface area contributed by atoms with Crippen LogP contribution < -0.4 is 10.1 Å². The maximum absolute atomic E-state index is 13.5. The fourth-order valence-corrected chi connectivity index (χ4v) is 2.00. The molecule has 2 aromatic rings.